The Bertz CT molecular complexity index is 763. The predicted molar refractivity (Wildman–Crippen MR) is 87.4 cm³/mol. The third-order valence-electron chi connectivity index (χ3n) is 4.24. The fourth-order valence-corrected chi connectivity index (χ4v) is 4.02. The molecule has 6 heteroatoms. The Morgan fingerprint density at radius 2 is 2.09 bits per heavy atom. The molecule has 1 unspecified atom stereocenters. The van der Waals surface area contributed by atoms with Gasteiger partial charge in [0.05, 0.1) is 0 Å². The molecule has 22 heavy (non-hydrogen) atoms. The fourth-order valence-electron chi connectivity index (χ4n) is 3.15. The molecule has 3 heterocycles. The molecule has 3 aromatic rings. The summed E-state index contributed by atoms with van der Waals surface area (Å²) >= 11 is 1.64. The molecule has 1 aromatic carbocycles. The lowest BCUT2D eigenvalue weighted by Gasteiger charge is -2.28. The van der Waals surface area contributed by atoms with Gasteiger partial charge in [0, 0.05) is 18.9 Å². The van der Waals surface area contributed by atoms with Gasteiger partial charge in [-0.15, -0.1) is 10.2 Å². The monoisotopic (exact) mass is 313 g/mol. The van der Waals surface area contributed by atoms with Crippen LogP contribution in [-0.2, 0) is 6.42 Å². The highest BCUT2D eigenvalue weighted by molar-refractivity contribution is 7.16. The van der Waals surface area contributed by atoms with Gasteiger partial charge in [-0.3, -0.25) is 0 Å². The molecule has 0 aliphatic carbocycles. The zero-order chi connectivity index (χ0) is 14.9. The van der Waals surface area contributed by atoms with Crippen LogP contribution in [0.5, 0.6) is 0 Å². The topological polar surface area (TPSA) is 46.3 Å². The summed E-state index contributed by atoms with van der Waals surface area (Å²) in [4.78, 5) is 3.28. The molecule has 1 aliphatic heterocycles. The predicted octanol–water partition coefficient (Wildman–Crippen LogP) is 2.59. The van der Waals surface area contributed by atoms with E-state index in [4.69, 9.17) is 5.10 Å². The summed E-state index contributed by atoms with van der Waals surface area (Å²) in [7, 11) is 2.17. The van der Waals surface area contributed by atoms with E-state index in [0.717, 1.165) is 28.8 Å². The van der Waals surface area contributed by atoms with Gasteiger partial charge in [0.25, 0.3) is 0 Å². The Morgan fingerprint density at radius 3 is 2.91 bits per heavy atom. The van der Waals surface area contributed by atoms with Crippen molar-refractivity contribution in [3.05, 3.63) is 46.7 Å². The minimum atomic E-state index is 0.445. The van der Waals surface area contributed by atoms with Gasteiger partial charge in [-0.1, -0.05) is 41.7 Å². The first-order valence-corrected chi connectivity index (χ1v) is 8.55. The number of benzene rings is 1. The van der Waals surface area contributed by atoms with Gasteiger partial charge in [-0.25, -0.2) is 0 Å². The maximum Gasteiger partial charge on any atom is 0.234 e. The van der Waals surface area contributed by atoms with E-state index < -0.39 is 0 Å². The molecular formula is C16H19N5S. The summed E-state index contributed by atoms with van der Waals surface area (Å²) in [5, 5.41) is 14.6. The first-order valence-electron chi connectivity index (χ1n) is 7.73. The van der Waals surface area contributed by atoms with Gasteiger partial charge < -0.3 is 4.90 Å². The molecule has 0 bridgehead atoms. The maximum atomic E-state index is 4.76. The second kappa shape index (κ2) is 5.78. The lowest BCUT2D eigenvalue weighted by molar-refractivity contribution is 0.244. The third kappa shape index (κ3) is 2.64. The van der Waals surface area contributed by atoms with Crippen LogP contribution >= 0.6 is 11.3 Å². The van der Waals surface area contributed by atoms with E-state index in [1.54, 1.807) is 11.3 Å². The summed E-state index contributed by atoms with van der Waals surface area (Å²) in [6.07, 6.45) is 3.26. The standard InChI is InChI=1S/C16H19N5S/c1-20-9-5-8-13(11-20)15-17-18-16-21(15)19-14(22-16)10-12-6-3-2-4-7-12/h2-4,6-7,13H,5,8-11H2,1H3. The minimum absolute atomic E-state index is 0.445. The smallest absolute Gasteiger partial charge is 0.234 e. The number of piperidine rings is 1. The number of likely N-dealkylation sites (N-methyl/N-ethyl adjacent to an activating group) is 1. The van der Waals surface area contributed by atoms with Crippen LogP contribution in [0.2, 0.25) is 0 Å². The van der Waals surface area contributed by atoms with Gasteiger partial charge in [0.15, 0.2) is 5.82 Å². The molecule has 1 aliphatic rings. The molecular weight excluding hydrogens is 294 g/mol. The number of nitrogens with zero attached hydrogens (tertiary/aromatic N) is 5. The van der Waals surface area contributed by atoms with E-state index in [-0.39, 0.29) is 0 Å². The van der Waals surface area contributed by atoms with Crippen molar-refractivity contribution in [2.75, 3.05) is 20.1 Å². The van der Waals surface area contributed by atoms with Gasteiger partial charge in [0.1, 0.15) is 5.01 Å². The van der Waals surface area contributed by atoms with Crippen molar-refractivity contribution in [3.63, 3.8) is 0 Å². The van der Waals surface area contributed by atoms with Crippen LogP contribution in [0.3, 0.4) is 0 Å². The molecule has 1 atom stereocenters. The van der Waals surface area contributed by atoms with Crippen molar-refractivity contribution >= 4 is 16.3 Å². The Balaban J connectivity index is 1.62. The summed E-state index contributed by atoms with van der Waals surface area (Å²) < 4.78 is 1.97. The molecule has 2 aromatic heterocycles. The number of aromatic nitrogens is 4. The van der Waals surface area contributed by atoms with E-state index in [1.807, 2.05) is 10.6 Å². The highest BCUT2D eigenvalue weighted by Gasteiger charge is 2.25. The van der Waals surface area contributed by atoms with E-state index >= 15 is 0 Å². The second-order valence-electron chi connectivity index (χ2n) is 6.01. The van der Waals surface area contributed by atoms with E-state index in [1.165, 1.54) is 24.9 Å². The molecule has 0 spiro atoms. The van der Waals surface area contributed by atoms with Gasteiger partial charge >= 0.3 is 0 Å². The highest BCUT2D eigenvalue weighted by Crippen LogP contribution is 2.27. The van der Waals surface area contributed by atoms with Gasteiger partial charge in [-0.2, -0.15) is 9.61 Å². The maximum absolute atomic E-state index is 4.76. The summed E-state index contributed by atoms with van der Waals surface area (Å²) in [6.45, 7) is 2.22. The van der Waals surface area contributed by atoms with Crippen molar-refractivity contribution in [3.8, 4) is 0 Å². The van der Waals surface area contributed by atoms with Crippen LogP contribution in [0.25, 0.3) is 4.96 Å². The zero-order valence-electron chi connectivity index (χ0n) is 12.6. The van der Waals surface area contributed by atoms with E-state index in [2.05, 4.69) is 46.4 Å². The lowest BCUT2D eigenvalue weighted by Crippen LogP contribution is -2.31. The van der Waals surface area contributed by atoms with Crippen LogP contribution in [-0.4, -0.2) is 44.8 Å². The molecule has 1 fully saturated rings. The van der Waals surface area contributed by atoms with E-state index in [9.17, 15) is 0 Å². The number of rotatable bonds is 3. The summed E-state index contributed by atoms with van der Waals surface area (Å²) in [5.41, 5.74) is 1.28. The summed E-state index contributed by atoms with van der Waals surface area (Å²) in [6, 6.07) is 10.5. The molecule has 1 saturated heterocycles. The number of fused-ring (bicyclic) bond motifs is 1. The fraction of sp³-hybridized carbons (Fsp3) is 0.438. The molecule has 0 N–H and O–H groups in total. The Morgan fingerprint density at radius 1 is 1.23 bits per heavy atom. The average molecular weight is 313 g/mol. The Kier molecular flexibility index (Phi) is 3.63. The SMILES string of the molecule is CN1CCCC(c2nnc3sc(Cc4ccccc4)nn23)C1. The van der Waals surface area contributed by atoms with Crippen molar-refractivity contribution in [2.45, 2.75) is 25.2 Å². The molecule has 5 nitrogen and oxygen atoms in total. The first kappa shape index (κ1) is 13.8. The zero-order valence-corrected chi connectivity index (χ0v) is 13.5. The molecule has 0 amide bonds. The molecule has 4 rings (SSSR count). The minimum Gasteiger partial charge on any atom is -0.306 e. The normalized spacial score (nSPS) is 19.8. The third-order valence-corrected chi connectivity index (χ3v) is 5.14. The highest BCUT2D eigenvalue weighted by atomic mass is 32.1. The Hall–Kier alpha value is -1.79. The lowest BCUT2D eigenvalue weighted by atomic mass is 9.98. The van der Waals surface area contributed by atoms with Crippen LogP contribution in [0, 0.1) is 0 Å². The quantitative estimate of drug-likeness (QED) is 0.745. The van der Waals surface area contributed by atoms with Crippen LogP contribution in [0.15, 0.2) is 30.3 Å². The number of hydrogen-bond acceptors (Lipinski definition) is 5. The van der Waals surface area contributed by atoms with E-state index in [0.29, 0.717) is 5.92 Å². The van der Waals surface area contributed by atoms with Crippen LogP contribution in [0.1, 0.15) is 35.2 Å². The summed E-state index contributed by atoms with van der Waals surface area (Å²) in [5.74, 6) is 1.47. The number of likely N-dealkylation sites (tertiary alicyclic amines) is 1. The van der Waals surface area contributed by atoms with Gasteiger partial charge in [0.2, 0.25) is 4.96 Å². The second-order valence-corrected chi connectivity index (χ2v) is 7.05. The van der Waals surface area contributed by atoms with Crippen molar-refractivity contribution < 1.29 is 0 Å². The van der Waals surface area contributed by atoms with Gasteiger partial charge in [-0.05, 0) is 32.0 Å². The van der Waals surface area contributed by atoms with Crippen LogP contribution < -0.4 is 0 Å². The Labute approximate surface area is 133 Å². The van der Waals surface area contributed by atoms with Crippen molar-refractivity contribution in [1.82, 2.24) is 24.7 Å². The molecule has 0 radical (unpaired) electrons. The first-order chi connectivity index (χ1) is 10.8. The number of hydrogen-bond donors (Lipinski definition) is 0. The molecule has 114 valence electrons. The van der Waals surface area contributed by atoms with Crippen molar-refractivity contribution in [1.29, 1.82) is 0 Å². The average Bonchev–Trinajstić information content (AvgIpc) is 3.08. The van der Waals surface area contributed by atoms with Crippen LogP contribution in [0.4, 0.5) is 0 Å². The molecule has 0 saturated carbocycles. The largest absolute Gasteiger partial charge is 0.306 e. The van der Waals surface area contributed by atoms with Crippen molar-refractivity contribution in [2.24, 2.45) is 0 Å².